The first-order valence-electron chi connectivity index (χ1n) is 6.60. The lowest BCUT2D eigenvalue weighted by Crippen LogP contribution is -2.53. The zero-order valence-electron chi connectivity index (χ0n) is 11.2. The van der Waals surface area contributed by atoms with Crippen LogP contribution in [0.4, 0.5) is 0 Å². The molecule has 7 heteroatoms. The van der Waals surface area contributed by atoms with Crippen molar-refractivity contribution in [2.24, 2.45) is 4.99 Å². The molecule has 2 heterocycles. The van der Waals surface area contributed by atoms with Crippen molar-refractivity contribution >= 4 is 16.0 Å². The minimum atomic E-state index is -3.17. The Bertz CT molecular complexity index is 413. The fourth-order valence-electron chi connectivity index (χ4n) is 2.36. The second-order valence-electron chi connectivity index (χ2n) is 4.58. The summed E-state index contributed by atoms with van der Waals surface area (Å²) in [5.41, 5.74) is 0. The molecule has 6 nitrogen and oxygen atoms in total. The van der Waals surface area contributed by atoms with Crippen LogP contribution in [-0.4, -0.2) is 80.0 Å². The first-order chi connectivity index (χ1) is 8.58. The van der Waals surface area contributed by atoms with E-state index in [1.54, 1.807) is 6.92 Å². The van der Waals surface area contributed by atoms with Gasteiger partial charge in [0, 0.05) is 26.2 Å². The van der Waals surface area contributed by atoms with E-state index >= 15 is 0 Å². The third-order valence-electron chi connectivity index (χ3n) is 3.58. The van der Waals surface area contributed by atoms with E-state index in [2.05, 4.69) is 21.7 Å². The van der Waals surface area contributed by atoms with E-state index in [1.807, 2.05) is 0 Å². The molecule has 0 bridgehead atoms. The quantitative estimate of drug-likeness (QED) is 0.705. The predicted octanol–water partition coefficient (Wildman–Crippen LogP) is -0.355. The van der Waals surface area contributed by atoms with Crippen LogP contribution in [0.2, 0.25) is 0 Å². The van der Waals surface area contributed by atoms with Crippen LogP contribution < -0.4 is 0 Å². The number of hydrogen-bond donors (Lipinski definition) is 0. The maximum Gasteiger partial charge on any atom is 0.237 e. The summed E-state index contributed by atoms with van der Waals surface area (Å²) in [4.78, 5) is 8.85. The Morgan fingerprint density at radius 1 is 1.11 bits per heavy atom. The number of likely N-dealkylation sites (N-methyl/N-ethyl adjacent to an activating group) is 1. The van der Waals surface area contributed by atoms with E-state index in [9.17, 15) is 8.42 Å². The van der Waals surface area contributed by atoms with Gasteiger partial charge in [0.2, 0.25) is 16.0 Å². The van der Waals surface area contributed by atoms with Gasteiger partial charge in [-0.1, -0.05) is 6.92 Å². The Labute approximate surface area is 109 Å². The summed E-state index contributed by atoms with van der Waals surface area (Å²) in [5.74, 6) is 0.800. The average Bonchev–Trinajstić information content (AvgIpc) is 2.89. The molecular formula is C11H22N4O2S. The Morgan fingerprint density at radius 3 is 2.33 bits per heavy atom. The van der Waals surface area contributed by atoms with Crippen LogP contribution in [0.3, 0.4) is 0 Å². The van der Waals surface area contributed by atoms with E-state index in [0.29, 0.717) is 19.0 Å². The van der Waals surface area contributed by atoms with Gasteiger partial charge < -0.3 is 9.80 Å². The van der Waals surface area contributed by atoms with Crippen molar-refractivity contribution in [3.63, 3.8) is 0 Å². The summed E-state index contributed by atoms with van der Waals surface area (Å²) in [6, 6.07) is 0. The molecule has 0 aliphatic carbocycles. The number of rotatable bonds is 3. The van der Waals surface area contributed by atoms with Crippen molar-refractivity contribution in [1.29, 1.82) is 0 Å². The third kappa shape index (κ3) is 2.61. The van der Waals surface area contributed by atoms with Gasteiger partial charge in [-0.2, -0.15) is 0 Å². The van der Waals surface area contributed by atoms with Crippen molar-refractivity contribution in [3.05, 3.63) is 0 Å². The van der Waals surface area contributed by atoms with Crippen molar-refractivity contribution < 1.29 is 8.42 Å². The van der Waals surface area contributed by atoms with Crippen molar-refractivity contribution in [2.75, 3.05) is 51.6 Å². The molecule has 104 valence electrons. The summed E-state index contributed by atoms with van der Waals surface area (Å²) in [6.45, 7) is 9.66. The number of piperazine rings is 1. The molecule has 1 fully saturated rings. The molecular weight excluding hydrogens is 252 g/mol. The van der Waals surface area contributed by atoms with E-state index < -0.39 is 10.0 Å². The van der Waals surface area contributed by atoms with Crippen LogP contribution in [0.1, 0.15) is 13.8 Å². The highest BCUT2D eigenvalue weighted by Crippen LogP contribution is 2.14. The molecule has 2 rings (SSSR count). The van der Waals surface area contributed by atoms with Crippen LogP contribution in [0.25, 0.3) is 0 Å². The first-order valence-corrected chi connectivity index (χ1v) is 8.21. The fraction of sp³-hybridized carbons (Fsp3) is 0.909. The van der Waals surface area contributed by atoms with Gasteiger partial charge >= 0.3 is 0 Å². The molecule has 0 amide bonds. The normalized spacial score (nSPS) is 22.4. The van der Waals surface area contributed by atoms with E-state index in [1.165, 1.54) is 4.31 Å². The lowest BCUT2D eigenvalue weighted by atomic mass is 10.3. The minimum Gasteiger partial charge on any atom is -0.339 e. The molecule has 0 N–H and O–H groups in total. The average molecular weight is 274 g/mol. The molecule has 0 atom stereocenters. The molecule has 18 heavy (non-hydrogen) atoms. The Morgan fingerprint density at radius 2 is 1.78 bits per heavy atom. The summed E-state index contributed by atoms with van der Waals surface area (Å²) in [5, 5.41) is 0. The van der Waals surface area contributed by atoms with Gasteiger partial charge in [0.25, 0.3) is 0 Å². The number of hydrogen-bond acceptors (Lipinski definition) is 5. The van der Waals surface area contributed by atoms with Gasteiger partial charge in [0.1, 0.15) is 0 Å². The fourth-order valence-corrected chi connectivity index (χ4v) is 3.45. The summed E-state index contributed by atoms with van der Waals surface area (Å²) in [7, 11) is -3.17. The van der Waals surface area contributed by atoms with Crippen LogP contribution in [0.5, 0.6) is 0 Å². The van der Waals surface area contributed by atoms with Crippen LogP contribution in [-0.2, 0) is 10.0 Å². The zero-order valence-corrected chi connectivity index (χ0v) is 12.0. The van der Waals surface area contributed by atoms with Crippen molar-refractivity contribution in [1.82, 2.24) is 14.1 Å². The largest absolute Gasteiger partial charge is 0.339 e. The van der Waals surface area contributed by atoms with Gasteiger partial charge in [0.05, 0.1) is 18.8 Å². The van der Waals surface area contributed by atoms with E-state index in [4.69, 9.17) is 0 Å². The van der Waals surface area contributed by atoms with Gasteiger partial charge in [-0.15, -0.1) is 0 Å². The Balaban J connectivity index is 2.05. The van der Waals surface area contributed by atoms with Gasteiger partial charge in [-0.25, -0.2) is 12.7 Å². The smallest absolute Gasteiger partial charge is 0.237 e. The topological polar surface area (TPSA) is 56.2 Å². The highest BCUT2D eigenvalue weighted by molar-refractivity contribution is 7.89. The molecule has 0 saturated carbocycles. The molecule has 2 aliphatic rings. The van der Waals surface area contributed by atoms with E-state index in [-0.39, 0.29) is 5.75 Å². The number of nitrogens with zero attached hydrogens (tertiary/aromatic N) is 4. The molecule has 0 radical (unpaired) electrons. The van der Waals surface area contributed by atoms with Crippen LogP contribution in [0, 0.1) is 0 Å². The summed E-state index contributed by atoms with van der Waals surface area (Å²) < 4.78 is 25.4. The second kappa shape index (κ2) is 5.44. The minimum absolute atomic E-state index is 0.140. The van der Waals surface area contributed by atoms with Gasteiger partial charge in [0.15, 0.2) is 0 Å². The number of guanidine groups is 1. The third-order valence-corrected chi connectivity index (χ3v) is 5.33. The molecule has 0 unspecified atom stereocenters. The summed E-state index contributed by atoms with van der Waals surface area (Å²) >= 11 is 0. The highest BCUT2D eigenvalue weighted by atomic mass is 32.2. The van der Waals surface area contributed by atoms with Crippen molar-refractivity contribution in [3.8, 4) is 0 Å². The Hall–Kier alpha value is -0.820. The highest BCUT2D eigenvalue weighted by Gasteiger charge is 2.32. The molecule has 1 saturated heterocycles. The molecule has 0 aromatic heterocycles. The van der Waals surface area contributed by atoms with Crippen LogP contribution >= 0.6 is 0 Å². The summed E-state index contributed by atoms with van der Waals surface area (Å²) in [6.07, 6.45) is 0. The monoisotopic (exact) mass is 274 g/mol. The zero-order chi connectivity index (χ0) is 13.2. The SMILES string of the molecule is CCN1CCN(C2=NCCN2S(=O)(=O)CC)CC1. The second-order valence-corrected chi connectivity index (χ2v) is 6.76. The van der Waals surface area contributed by atoms with Crippen LogP contribution in [0.15, 0.2) is 4.99 Å². The standard InChI is InChI=1S/C11H22N4O2S/c1-3-13-7-9-14(10-8-13)11-12-5-6-15(11)18(16,17)4-2/h3-10H2,1-2H3. The lowest BCUT2D eigenvalue weighted by molar-refractivity contribution is 0.184. The first kappa shape index (κ1) is 13.6. The maximum absolute atomic E-state index is 12.0. The van der Waals surface area contributed by atoms with Gasteiger partial charge in [-0.3, -0.25) is 4.99 Å². The number of aliphatic imine (C=N–C) groups is 1. The lowest BCUT2D eigenvalue weighted by Gasteiger charge is -2.37. The predicted molar refractivity (Wildman–Crippen MR) is 72.2 cm³/mol. The molecule has 0 aromatic rings. The van der Waals surface area contributed by atoms with Gasteiger partial charge in [-0.05, 0) is 13.5 Å². The van der Waals surface area contributed by atoms with E-state index in [0.717, 1.165) is 32.7 Å². The number of sulfonamides is 1. The molecule has 0 spiro atoms. The molecule has 2 aliphatic heterocycles. The van der Waals surface area contributed by atoms with Crippen molar-refractivity contribution in [2.45, 2.75) is 13.8 Å². The Kier molecular flexibility index (Phi) is 4.11. The molecule has 0 aromatic carbocycles. The maximum atomic E-state index is 12.0.